The highest BCUT2D eigenvalue weighted by Crippen LogP contribution is 2.22. The number of amides is 1. The lowest BCUT2D eigenvalue weighted by Crippen LogP contribution is -2.42. The number of benzene rings is 1. The summed E-state index contributed by atoms with van der Waals surface area (Å²) in [6.07, 6.45) is 5.80. The van der Waals surface area contributed by atoms with E-state index in [1.54, 1.807) is 29.4 Å². The van der Waals surface area contributed by atoms with Crippen LogP contribution < -0.4 is 10.5 Å². The fourth-order valence-electron chi connectivity index (χ4n) is 3.06. The first kappa shape index (κ1) is 17.1. The van der Waals surface area contributed by atoms with Gasteiger partial charge < -0.3 is 15.4 Å². The highest BCUT2D eigenvalue weighted by molar-refractivity contribution is 5.77. The molecule has 1 aromatic carbocycles. The van der Waals surface area contributed by atoms with Crippen LogP contribution in [0.1, 0.15) is 18.5 Å². The number of rotatable bonds is 5. The van der Waals surface area contributed by atoms with Gasteiger partial charge in [-0.25, -0.2) is 9.37 Å². The zero-order chi connectivity index (χ0) is 17.6. The van der Waals surface area contributed by atoms with Crippen molar-refractivity contribution in [3.8, 4) is 5.75 Å². The summed E-state index contributed by atoms with van der Waals surface area (Å²) in [5, 5.41) is 0. The van der Waals surface area contributed by atoms with E-state index in [4.69, 9.17) is 10.5 Å². The zero-order valence-electron chi connectivity index (χ0n) is 13.9. The predicted molar refractivity (Wildman–Crippen MR) is 91.3 cm³/mol. The van der Waals surface area contributed by atoms with Crippen molar-refractivity contribution in [2.45, 2.75) is 19.3 Å². The summed E-state index contributed by atoms with van der Waals surface area (Å²) >= 11 is 0. The zero-order valence-corrected chi connectivity index (χ0v) is 13.9. The molecule has 2 heterocycles. The number of para-hydroxylation sites is 1. The standard InChI is InChI=1S/C18H21FN4O2/c19-14-5-1-2-6-16(14)25-12-17(24)23-9-3-4-13(11-23)10-15-18(20)22-8-7-21-15/h1-2,5-8,13H,3-4,9-12H2,(H2,20,22)/t13-/m1/s1. The van der Waals surface area contributed by atoms with Crippen LogP contribution in [0.2, 0.25) is 0 Å². The van der Waals surface area contributed by atoms with Gasteiger partial charge in [0, 0.05) is 25.5 Å². The van der Waals surface area contributed by atoms with Crippen molar-refractivity contribution in [1.29, 1.82) is 0 Å². The predicted octanol–water partition coefficient (Wildman–Crippen LogP) is 2.06. The number of likely N-dealkylation sites (tertiary alicyclic amines) is 1. The number of nitrogens with zero attached hydrogens (tertiary/aromatic N) is 3. The molecule has 0 aliphatic carbocycles. The number of hydrogen-bond acceptors (Lipinski definition) is 5. The Morgan fingerprint density at radius 2 is 2.12 bits per heavy atom. The molecule has 7 heteroatoms. The van der Waals surface area contributed by atoms with Crippen molar-refractivity contribution in [3.63, 3.8) is 0 Å². The van der Waals surface area contributed by atoms with E-state index in [-0.39, 0.29) is 24.2 Å². The van der Waals surface area contributed by atoms with Gasteiger partial charge in [-0.15, -0.1) is 0 Å². The topological polar surface area (TPSA) is 81.3 Å². The van der Waals surface area contributed by atoms with Crippen molar-refractivity contribution in [2.75, 3.05) is 25.4 Å². The number of aromatic nitrogens is 2. The number of nitrogens with two attached hydrogens (primary N) is 1. The van der Waals surface area contributed by atoms with E-state index in [2.05, 4.69) is 9.97 Å². The second-order valence-corrected chi connectivity index (χ2v) is 6.16. The lowest BCUT2D eigenvalue weighted by atomic mass is 9.93. The van der Waals surface area contributed by atoms with E-state index in [9.17, 15) is 9.18 Å². The Kier molecular flexibility index (Phi) is 5.42. The van der Waals surface area contributed by atoms with Crippen molar-refractivity contribution < 1.29 is 13.9 Å². The maximum Gasteiger partial charge on any atom is 0.260 e. The molecule has 1 aliphatic heterocycles. The van der Waals surface area contributed by atoms with E-state index in [0.29, 0.717) is 25.3 Å². The van der Waals surface area contributed by atoms with Gasteiger partial charge in [0.05, 0.1) is 5.69 Å². The fourth-order valence-corrected chi connectivity index (χ4v) is 3.06. The van der Waals surface area contributed by atoms with Gasteiger partial charge in [-0.05, 0) is 37.3 Å². The maximum atomic E-state index is 13.5. The minimum Gasteiger partial charge on any atom is -0.481 e. The average molecular weight is 344 g/mol. The molecule has 132 valence electrons. The summed E-state index contributed by atoms with van der Waals surface area (Å²) in [7, 11) is 0. The Morgan fingerprint density at radius 3 is 2.92 bits per heavy atom. The number of hydrogen-bond donors (Lipinski definition) is 1. The Bertz CT molecular complexity index is 741. The molecule has 2 aromatic rings. The van der Waals surface area contributed by atoms with E-state index in [1.165, 1.54) is 12.1 Å². The molecule has 0 radical (unpaired) electrons. The molecule has 1 amide bonds. The lowest BCUT2D eigenvalue weighted by Gasteiger charge is -2.32. The van der Waals surface area contributed by atoms with Gasteiger partial charge in [-0.2, -0.15) is 0 Å². The Hall–Kier alpha value is -2.70. The summed E-state index contributed by atoms with van der Waals surface area (Å²) in [5.74, 6) is 0.209. The summed E-state index contributed by atoms with van der Waals surface area (Å²) in [6, 6.07) is 6.07. The van der Waals surface area contributed by atoms with E-state index >= 15 is 0 Å². The Morgan fingerprint density at radius 1 is 1.32 bits per heavy atom. The number of carbonyl (C=O) groups excluding carboxylic acids is 1. The van der Waals surface area contributed by atoms with Crippen molar-refractivity contribution >= 4 is 11.7 Å². The molecule has 1 aliphatic rings. The Labute approximate surface area is 145 Å². The van der Waals surface area contributed by atoms with Crippen LogP contribution in [0.15, 0.2) is 36.7 Å². The molecule has 0 bridgehead atoms. The number of ether oxygens (including phenoxy) is 1. The molecular formula is C18H21FN4O2. The summed E-state index contributed by atoms with van der Waals surface area (Å²) < 4.78 is 18.9. The normalized spacial score (nSPS) is 17.3. The molecule has 1 fully saturated rings. The number of piperidine rings is 1. The number of halogens is 1. The molecule has 6 nitrogen and oxygen atoms in total. The van der Waals surface area contributed by atoms with Crippen LogP contribution in [0.4, 0.5) is 10.2 Å². The van der Waals surface area contributed by atoms with Gasteiger partial charge in [-0.1, -0.05) is 12.1 Å². The van der Waals surface area contributed by atoms with Crippen molar-refractivity contribution in [3.05, 3.63) is 48.2 Å². The lowest BCUT2D eigenvalue weighted by molar-refractivity contribution is -0.135. The highest BCUT2D eigenvalue weighted by Gasteiger charge is 2.25. The first-order valence-corrected chi connectivity index (χ1v) is 8.34. The van der Waals surface area contributed by atoms with Crippen LogP contribution in [0.25, 0.3) is 0 Å². The molecule has 3 rings (SSSR count). The minimum absolute atomic E-state index is 0.0942. The molecule has 1 aromatic heterocycles. The number of carbonyl (C=O) groups is 1. The van der Waals surface area contributed by atoms with Crippen LogP contribution >= 0.6 is 0 Å². The summed E-state index contributed by atoms with van der Waals surface area (Å²) in [5.41, 5.74) is 6.62. The third-order valence-corrected chi connectivity index (χ3v) is 4.35. The molecule has 2 N–H and O–H groups in total. The van der Waals surface area contributed by atoms with Gasteiger partial charge in [0.1, 0.15) is 5.82 Å². The van der Waals surface area contributed by atoms with Crippen molar-refractivity contribution in [1.82, 2.24) is 14.9 Å². The Balaban J connectivity index is 1.55. The van der Waals surface area contributed by atoms with Crippen LogP contribution in [0, 0.1) is 11.7 Å². The van der Waals surface area contributed by atoms with Crippen LogP contribution in [-0.4, -0.2) is 40.5 Å². The van der Waals surface area contributed by atoms with E-state index in [1.807, 2.05) is 0 Å². The van der Waals surface area contributed by atoms with Crippen molar-refractivity contribution in [2.24, 2.45) is 5.92 Å². The van der Waals surface area contributed by atoms with Gasteiger partial charge in [0.25, 0.3) is 5.91 Å². The maximum absolute atomic E-state index is 13.5. The smallest absolute Gasteiger partial charge is 0.260 e. The van der Waals surface area contributed by atoms with Gasteiger partial charge >= 0.3 is 0 Å². The van der Waals surface area contributed by atoms with Crippen LogP contribution in [-0.2, 0) is 11.2 Å². The highest BCUT2D eigenvalue weighted by atomic mass is 19.1. The largest absolute Gasteiger partial charge is 0.481 e. The second-order valence-electron chi connectivity index (χ2n) is 6.16. The first-order chi connectivity index (χ1) is 12.1. The molecule has 0 saturated carbocycles. The number of nitrogen functional groups attached to an aromatic ring is 1. The molecule has 25 heavy (non-hydrogen) atoms. The molecule has 1 saturated heterocycles. The van der Waals surface area contributed by atoms with E-state index in [0.717, 1.165) is 18.5 Å². The monoisotopic (exact) mass is 344 g/mol. The summed E-state index contributed by atoms with van der Waals surface area (Å²) in [6.45, 7) is 1.14. The van der Waals surface area contributed by atoms with Gasteiger partial charge in [0.15, 0.2) is 18.2 Å². The van der Waals surface area contributed by atoms with Crippen LogP contribution in [0.5, 0.6) is 5.75 Å². The summed E-state index contributed by atoms with van der Waals surface area (Å²) in [4.78, 5) is 22.5. The second kappa shape index (κ2) is 7.92. The molecule has 0 unspecified atom stereocenters. The first-order valence-electron chi connectivity index (χ1n) is 8.34. The molecule has 0 spiro atoms. The third kappa shape index (κ3) is 4.43. The third-order valence-electron chi connectivity index (χ3n) is 4.35. The molecular weight excluding hydrogens is 323 g/mol. The quantitative estimate of drug-likeness (QED) is 0.898. The minimum atomic E-state index is -0.468. The van der Waals surface area contributed by atoms with Crippen LogP contribution in [0.3, 0.4) is 0 Å². The van der Waals surface area contributed by atoms with E-state index < -0.39 is 5.82 Å². The number of anilines is 1. The van der Waals surface area contributed by atoms with Gasteiger partial charge in [0.2, 0.25) is 0 Å². The molecule has 1 atom stereocenters. The fraction of sp³-hybridized carbons (Fsp3) is 0.389. The SMILES string of the molecule is Nc1nccnc1C[C@H]1CCCN(C(=O)COc2ccccc2F)C1. The average Bonchev–Trinajstić information content (AvgIpc) is 2.63. The van der Waals surface area contributed by atoms with Gasteiger partial charge in [-0.3, -0.25) is 9.78 Å².